The minimum atomic E-state index is 0. The van der Waals surface area contributed by atoms with Gasteiger partial charge in [0.25, 0.3) is 0 Å². The zero-order valence-corrected chi connectivity index (χ0v) is 9.44. The number of anilines is 2. The van der Waals surface area contributed by atoms with Gasteiger partial charge in [-0.2, -0.15) is 0 Å². The number of benzene rings is 1. The summed E-state index contributed by atoms with van der Waals surface area (Å²) in [4.78, 5) is 1.38. The number of thiol groups is 2. The van der Waals surface area contributed by atoms with Crippen molar-refractivity contribution < 1.29 is 0 Å². The Hall–Kier alpha value is 0.1000. The predicted molar refractivity (Wildman–Crippen MR) is 64.3 cm³/mol. The molecule has 0 atom stereocenters. The van der Waals surface area contributed by atoms with E-state index in [2.05, 4.69) is 25.3 Å². The van der Waals surface area contributed by atoms with E-state index in [4.69, 9.17) is 11.5 Å². The van der Waals surface area contributed by atoms with Gasteiger partial charge < -0.3 is 11.5 Å². The second-order valence-electron chi connectivity index (χ2n) is 1.97. The van der Waals surface area contributed by atoms with Crippen LogP contribution >= 0.6 is 50.1 Å². The van der Waals surface area contributed by atoms with Gasteiger partial charge in [0.05, 0.1) is 4.90 Å². The molecule has 2 nitrogen and oxygen atoms in total. The Bertz CT molecular complexity index is 245. The monoisotopic (exact) mass is 244 g/mol. The first-order valence-electron chi connectivity index (χ1n) is 2.68. The summed E-state index contributed by atoms with van der Waals surface area (Å²) in [5.41, 5.74) is 12.2. The first-order valence-corrected chi connectivity index (χ1v) is 3.57. The van der Waals surface area contributed by atoms with Crippen molar-refractivity contribution in [3.63, 3.8) is 0 Å². The second-order valence-corrected chi connectivity index (χ2v) is 2.94. The summed E-state index contributed by atoms with van der Waals surface area (Å²) in [5, 5.41) is 0. The molecule has 0 spiro atoms. The van der Waals surface area contributed by atoms with E-state index in [1.165, 1.54) is 0 Å². The zero-order valence-electron chi connectivity index (χ0n) is 6.02. The SMILES string of the molecule is Cl.Cl.Nc1cc(S)cc(N)c1S. The zero-order chi connectivity index (χ0) is 7.72. The van der Waals surface area contributed by atoms with E-state index < -0.39 is 0 Å². The maximum absolute atomic E-state index is 5.52. The molecule has 0 aliphatic rings. The Morgan fingerprint density at radius 2 is 1.25 bits per heavy atom. The van der Waals surface area contributed by atoms with Crippen LogP contribution in [-0.2, 0) is 0 Å². The molecule has 1 aromatic carbocycles. The Balaban J connectivity index is 0. The summed E-state index contributed by atoms with van der Waals surface area (Å²) in [5.74, 6) is 0. The molecular weight excluding hydrogens is 235 g/mol. The van der Waals surface area contributed by atoms with Crippen LogP contribution in [0.25, 0.3) is 0 Å². The summed E-state index contributed by atoms with van der Waals surface area (Å²) in [6.07, 6.45) is 0. The first-order chi connectivity index (χ1) is 4.61. The van der Waals surface area contributed by atoms with Crippen molar-refractivity contribution in [3.05, 3.63) is 12.1 Å². The van der Waals surface area contributed by atoms with Gasteiger partial charge in [-0.3, -0.25) is 0 Å². The van der Waals surface area contributed by atoms with E-state index in [9.17, 15) is 0 Å². The molecule has 0 fully saturated rings. The van der Waals surface area contributed by atoms with Crippen LogP contribution in [0.2, 0.25) is 0 Å². The van der Waals surface area contributed by atoms with Crippen molar-refractivity contribution >= 4 is 61.4 Å². The third-order valence-electron chi connectivity index (χ3n) is 1.15. The molecule has 0 radical (unpaired) electrons. The molecule has 0 aliphatic heterocycles. The third-order valence-corrected chi connectivity index (χ3v) is 1.93. The van der Waals surface area contributed by atoms with Crippen LogP contribution in [0, 0.1) is 0 Å². The standard InChI is InChI=1S/C6H8N2S2.2ClH/c7-4-1-3(9)2-5(8)6(4)10;;/h1-2,9-10H,7-8H2;2*1H. The van der Waals surface area contributed by atoms with E-state index in [-0.39, 0.29) is 24.8 Å². The quantitative estimate of drug-likeness (QED) is 0.418. The van der Waals surface area contributed by atoms with Gasteiger partial charge in [0.2, 0.25) is 0 Å². The average Bonchev–Trinajstić information content (AvgIpc) is 1.82. The molecule has 0 saturated heterocycles. The minimum absolute atomic E-state index is 0. The number of hydrogen-bond acceptors (Lipinski definition) is 4. The third kappa shape index (κ3) is 3.23. The lowest BCUT2D eigenvalue weighted by Gasteiger charge is -2.02. The molecule has 12 heavy (non-hydrogen) atoms. The van der Waals surface area contributed by atoms with Crippen LogP contribution in [0.3, 0.4) is 0 Å². The molecule has 1 aromatic rings. The van der Waals surface area contributed by atoms with Gasteiger partial charge in [0.1, 0.15) is 0 Å². The van der Waals surface area contributed by atoms with Crippen LogP contribution in [0.4, 0.5) is 11.4 Å². The summed E-state index contributed by atoms with van der Waals surface area (Å²) in [6.45, 7) is 0. The molecule has 4 N–H and O–H groups in total. The van der Waals surface area contributed by atoms with Crippen molar-refractivity contribution in [2.75, 3.05) is 11.5 Å². The van der Waals surface area contributed by atoms with E-state index >= 15 is 0 Å². The van der Waals surface area contributed by atoms with Crippen molar-refractivity contribution in [1.82, 2.24) is 0 Å². The molecule has 6 heteroatoms. The molecule has 0 amide bonds. The highest BCUT2D eigenvalue weighted by Crippen LogP contribution is 2.26. The van der Waals surface area contributed by atoms with E-state index in [1.807, 2.05) is 0 Å². The highest BCUT2D eigenvalue weighted by molar-refractivity contribution is 7.81. The maximum Gasteiger partial charge on any atom is 0.0502 e. The molecule has 1 rings (SSSR count). The summed E-state index contributed by atoms with van der Waals surface area (Å²) in [7, 11) is 0. The van der Waals surface area contributed by atoms with E-state index in [1.54, 1.807) is 12.1 Å². The Morgan fingerprint density at radius 1 is 0.917 bits per heavy atom. The Kier molecular flexibility index (Phi) is 6.94. The van der Waals surface area contributed by atoms with Crippen molar-refractivity contribution in [1.29, 1.82) is 0 Å². The van der Waals surface area contributed by atoms with Gasteiger partial charge in [0.15, 0.2) is 0 Å². The van der Waals surface area contributed by atoms with Crippen LogP contribution in [0.5, 0.6) is 0 Å². The lowest BCUT2D eigenvalue weighted by molar-refractivity contribution is 1.38. The highest BCUT2D eigenvalue weighted by atomic mass is 35.5. The van der Waals surface area contributed by atoms with Gasteiger partial charge in [0, 0.05) is 16.3 Å². The lowest BCUT2D eigenvalue weighted by Crippen LogP contribution is -1.93. The highest BCUT2D eigenvalue weighted by Gasteiger charge is 1.99. The molecule has 0 aromatic heterocycles. The number of nitrogen functional groups attached to an aromatic ring is 2. The summed E-state index contributed by atoms with van der Waals surface area (Å²) < 4.78 is 0. The van der Waals surface area contributed by atoms with E-state index in [0.717, 1.165) is 4.90 Å². The lowest BCUT2D eigenvalue weighted by atomic mass is 10.3. The largest absolute Gasteiger partial charge is 0.398 e. The van der Waals surface area contributed by atoms with Gasteiger partial charge in [-0.15, -0.1) is 50.1 Å². The fourth-order valence-corrected chi connectivity index (χ4v) is 1.07. The average molecular weight is 245 g/mol. The van der Waals surface area contributed by atoms with Gasteiger partial charge in [-0.1, -0.05) is 0 Å². The molecule has 0 aliphatic carbocycles. The molecular formula is C6H10Cl2N2S2. The summed E-state index contributed by atoms with van der Waals surface area (Å²) in [6, 6.07) is 3.42. The smallest absolute Gasteiger partial charge is 0.0502 e. The topological polar surface area (TPSA) is 52.0 Å². The van der Waals surface area contributed by atoms with Crippen LogP contribution < -0.4 is 11.5 Å². The van der Waals surface area contributed by atoms with Crippen molar-refractivity contribution in [2.45, 2.75) is 9.79 Å². The van der Waals surface area contributed by atoms with E-state index in [0.29, 0.717) is 16.3 Å². The predicted octanol–water partition coefficient (Wildman–Crippen LogP) is 2.27. The van der Waals surface area contributed by atoms with Crippen molar-refractivity contribution in [3.8, 4) is 0 Å². The molecule has 0 bridgehead atoms. The number of nitrogens with two attached hydrogens (primary N) is 2. The number of halogens is 2. The number of hydrogen-bond donors (Lipinski definition) is 4. The van der Waals surface area contributed by atoms with Gasteiger partial charge >= 0.3 is 0 Å². The second kappa shape index (κ2) is 5.70. The molecule has 0 heterocycles. The number of rotatable bonds is 0. The summed E-state index contributed by atoms with van der Waals surface area (Å²) >= 11 is 8.15. The Morgan fingerprint density at radius 3 is 1.58 bits per heavy atom. The fraction of sp³-hybridized carbons (Fsp3) is 0. The molecule has 70 valence electrons. The normalized spacial score (nSPS) is 8.17. The molecule has 0 saturated carbocycles. The van der Waals surface area contributed by atoms with Gasteiger partial charge in [-0.25, -0.2) is 0 Å². The van der Waals surface area contributed by atoms with Crippen LogP contribution in [0.1, 0.15) is 0 Å². The fourth-order valence-electron chi connectivity index (χ4n) is 0.664. The first kappa shape index (κ1) is 14.6. The minimum Gasteiger partial charge on any atom is -0.398 e. The van der Waals surface area contributed by atoms with Crippen LogP contribution in [-0.4, -0.2) is 0 Å². The van der Waals surface area contributed by atoms with Crippen molar-refractivity contribution in [2.24, 2.45) is 0 Å². The Labute approximate surface area is 94.7 Å². The molecule has 0 unspecified atom stereocenters. The van der Waals surface area contributed by atoms with Crippen LogP contribution in [0.15, 0.2) is 21.9 Å². The van der Waals surface area contributed by atoms with Gasteiger partial charge in [-0.05, 0) is 12.1 Å². The maximum atomic E-state index is 5.52.